The normalized spacial score (nSPS) is 17.1. The first-order chi connectivity index (χ1) is 62.5. The summed E-state index contributed by atoms with van der Waals surface area (Å²) in [5, 5.41) is 97.7. The van der Waals surface area contributed by atoms with Gasteiger partial charge in [-0.05, 0) is 172 Å². The molecule has 1 fully saturated rings. The van der Waals surface area contributed by atoms with Gasteiger partial charge in [0.05, 0.1) is 24.4 Å². The number of phenols is 2. The maximum absolute atomic E-state index is 14.7. The molecule has 1 saturated heterocycles. The molecule has 133 heavy (non-hydrogen) atoms. The fraction of sp³-hybridized carbons (Fsp3) is 0.639. The molecule has 20 atom stereocenters. The summed E-state index contributed by atoms with van der Waals surface area (Å²) in [6, 6.07) is -13.7. The summed E-state index contributed by atoms with van der Waals surface area (Å²) in [5.41, 5.74) is 52.6. The molecule has 38 N–H and O–H groups in total. The van der Waals surface area contributed by atoms with Crippen LogP contribution >= 0.6 is 25.3 Å². The number of aromatic hydroxyl groups is 2. The highest BCUT2D eigenvalue weighted by molar-refractivity contribution is 7.81. The summed E-state index contributed by atoms with van der Waals surface area (Å²) >= 11 is 8.89. The Balaban J connectivity index is 1.88. The Morgan fingerprint density at radius 1 is 0.451 bits per heavy atom. The molecule has 1 heterocycles. The number of amides is 15. The molecule has 0 spiro atoms. The number of unbranched alkanes of at least 4 members (excludes halogenated alkanes) is 1. The number of hydrogen-bond donors (Lipinski definition) is 31. The van der Waals surface area contributed by atoms with Crippen molar-refractivity contribution in [1.82, 2.24) is 79.3 Å². The summed E-state index contributed by atoms with van der Waals surface area (Å²) in [6.07, 6.45) is -5.89. The van der Waals surface area contributed by atoms with Crippen LogP contribution in [-0.2, 0) is 89.6 Å². The molecule has 1 aliphatic heterocycles. The van der Waals surface area contributed by atoms with Crippen LogP contribution < -0.4 is 126 Å². The summed E-state index contributed by atoms with van der Waals surface area (Å²) < 4.78 is -1.52. The number of aliphatic hydroxyl groups excluding tert-OH is 3. The third-order valence-corrected chi connectivity index (χ3v) is 22.2. The molecule has 1 aliphatic rings. The van der Waals surface area contributed by atoms with Gasteiger partial charge in [0.2, 0.25) is 88.6 Å². The van der Waals surface area contributed by atoms with Gasteiger partial charge in [0.1, 0.15) is 102 Å². The Labute approximate surface area is 782 Å². The van der Waals surface area contributed by atoms with Gasteiger partial charge in [-0.1, -0.05) is 58.4 Å². The predicted octanol–water partition coefficient (Wildman–Crippen LogP) is -9.55. The third kappa shape index (κ3) is 39.7. The second kappa shape index (κ2) is 57.8. The molecule has 0 radical (unpaired) electrons. The molecule has 2 aromatic carbocycles. The van der Waals surface area contributed by atoms with Gasteiger partial charge in [-0.25, -0.2) is 4.79 Å². The number of likely N-dealkylation sites (tertiary alicyclic amines) is 1. The van der Waals surface area contributed by atoms with Crippen LogP contribution in [0.2, 0.25) is 0 Å². The fourth-order valence-electron chi connectivity index (χ4n) is 13.6. The monoisotopic (exact) mass is 1920 g/mol. The summed E-state index contributed by atoms with van der Waals surface area (Å²) in [6.45, 7) is 12.1. The number of rotatable bonds is 59. The van der Waals surface area contributed by atoms with E-state index >= 15 is 0 Å². The van der Waals surface area contributed by atoms with Crippen molar-refractivity contribution in [3.8, 4) is 11.5 Å². The zero-order chi connectivity index (χ0) is 100. The van der Waals surface area contributed by atoms with E-state index < -0.39 is 226 Å². The van der Waals surface area contributed by atoms with Crippen LogP contribution in [0.15, 0.2) is 58.5 Å². The van der Waals surface area contributed by atoms with Gasteiger partial charge in [-0.2, -0.15) is 25.3 Å². The lowest BCUT2D eigenvalue weighted by Gasteiger charge is -2.33. The number of guanidine groups is 2. The molecule has 15 amide bonds. The molecule has 0 saturated carbocycles. The van der Waals surface area contributed by atoms with Gasteiger partial charge in [0, 0.05) is 49.4 Å². The van der Waals surface area contributed by atoms with Crippen LogP contribution in [0, 0.1) is 11.8 Å². The van der Waals surface area contributed by atoms with Gasteiger partial charge >= 0.3 is 5.97 Å². The average molecular weight is 1920 g/mol. The highest BCUT2D eigenvalue weighted by Gasteiger charge is 2.45. The number of carboxylic acids is 1. The zero-order valence-corrected chi connectivity index (χ0v) is 78.2. The molecule has 746 valence electrons. The quantitative estimate of drug-likeness (QED) is 0.0127. The second-order valence-electron chi connectivity index (χ2n) is 33.5. The maximum Gasteiger partial charge on any atom is 0.326 e. The minimum atomic E-state index is -1.92. The standard InChI is InChI=1S/C83H140N26O22S2/c1-10-41(4)61(105-74(124)59-37-49(114)38-109(59)79(129)60(88)40(2)3)75(125)107-63(44(7)111)77(127)102-56(35-45-18-22-47(112)23-19-45)72(122)108-64(83(8,9)133)78(128)95-42(5)65(115)96-51(16-13-33-93-81(89)90)66(116)99-55(28-32-87)71(121)106-62(43(6)110)76(126)101-54(27-31-86)70(120)97-50(15-11-12-29-84)68(118)104-58(39-132)73(123)100-53(26-30-85)69(119)98-52(17-14-34-94-82(91)92)67(117)103-57(80(130)131)36-46-20-24-48(113)25-21-46/h18-25,40-44,49-64,110-114,132-133H,10-17,26-39,84-88H2,1-9H3,(H,95,128)(H,96,115)(H,97,120)(H,98,119)(H,99,116)(H,100,123)(H,101,126)(H,102,127)(H,103,117)(H,104,118)(H,105,124)(H,106,121)(H,107,125)(H,108,122)(H,130,131)(H4,89,90,93)(H4,91,92,94)/t41-,42-,43+,44+,49+,50-,51-,52-,53-,54+,55-,56-,57-,58-,59-,60-,61-,62-,63-,64+/m0/s1. The van der Waals surface area contributed by atoms with E-state index in [-0.39, 0.29) is 159 Å². The number of nitrogens with two attached hydrogens (primary N) is 9. The number of thiol groups is 2. The molecular formula is C83H140N26O22S2. The van der Waals surface area contributed by atoms with Crippen molar-refractivity contribution in [2.45, 2.75) is 272 Å². The van der Waals surface area contributed by atoms with E-state index in [1.807, 2.05) is 0 Å². The molecule has 0 unspecified atom stereocenters. The number of β-amino-alcohol motifs (C(OH)–C–C–N with tert-alkyl or cyclic N) is 1. The van der Waals surface area contributed by atoms with Gasteiger partial charge in [0.25, 0.3) is 0 Å². The number of nitrogens with zero attached hydrogens (tertiary/aromatic N) is 3. The Hall–Kier alpha value is -11.5. The lowest BCUT2D eigenvalue weighted by molar-refractivity contribution is -0.142. The van der Waals surface area contributed by atoms with Crippen molar-refractivity contribution >= 4 is 132 Å². The van der Waals surface area contributed by atoms with Crippen molar-refractivity contribution in [1.29, 1.82) is 0 Å². The number of phenolic OH excluding ortho intramolecular Hbond substituents is 2. The van der Waals surface area contributed by atoms with Gasteiger partial charge in [-0.3, -0.25) is 81.9 Å². The molecule has 50 heteroatoms. The number of aliphatic imine (C=N–C) groups is 2. The first kappa shape index (κ1) is 116. The van der Waals surface area contributed by atoms with Crippen LogP contribution in [0.5, 0.6) is 11.5 Å². The van der Waals surface area contributed by atoms with Crippen LogP contribution in [0.3, 0.4) is 0 Å². The lowest BCUT2D eigenvalue weighted by Crippen LogP contribution is -2.64. The molecule has 0 aliphatic carbocycles. The Morgan fingerprint density at radius 3 is 1.19 bits per heavy atom. The first-order valence-corrected chi connectivity index (χ1v) is 44.9. The van der Waals surface area contributed by atoms with Crippen LogP contribution in [-0.4, -0.2) is 313 Å². The largest absolute Gasteiger partial charge is 0.508 e. The van der Waals surface area contributed by atoms with Crippen LogP contribution in [0.4, 0.5) is 0 Å². The molecule has 48 nitrogen and oxygen atoms in total. The van der Waals surface area contributed by atoms with Crippen molar-refractivity contribution in [3.63, 3.8) is 0 Å². The number of aliphatic carboxylic acids is 1. The number of benzene rings is 2. The minimum Gasteiger partial charge on any atom is -0.508 e. The number of carbonyl (C=O) groups is 16. The Bertz CT molecular complexity index is 4260. The number of nitrogens with one attached hydrogen (secondary N) is 14. The van der Waals surface area contributed by atoms with Crippen molar-refractivity contribution in [3.05, 3.63) is 59.7 Å². The van der Waals surface area contributed by atoms with E-state index in [1.165, 1.54) is 76.2 Å². The van der Waals surface area contributed by atoms with Gasteiger partial charge in [0.15, 0.2) is 11.9 Å². The molecule has 0 bridgehead atoms. The predicted molar refractivity (Wildman–Crippen MR) is 496 cm³/mol. The molecule has 2 aromatic rings. The second-order valence-corrected chi connectivity index (χ2v) is 35.1. The van der Waals surface area contributed by atoms with E-state index in [0.29, 0.717) is 17.5 Å². The van der Waals surface area contributed by atoms with E-state index in [0.717, 1.165) is 11.8 Å². The highest BCUT2D eigenvalue weighted by atomic mass is 32.1. The number of aliphatic hydroxyl groups is 3. The number of carbonyl (C=O) groups excluding carboxylic acids is 15. The average Bonchev–Trinajstić information content (AvgIpc) is 1.46. The molecule has 3 rings (SSSR count). The Morgan fingerprint density at radius 2 is 0.805 bits per heavy atom. The van der Waals surface area contributed by atoms with E-state index in [4.69, 9.17) is 51.6 Å². The van der Waals surface area contributed by atoms with Crippen molar-refractivity contribution in [2.24, 2.45) is 73.4 Å². The third-order valence-electron chi connectivity index (χ3n) is 21.6. The van der Waals surface area contributed by atoms with Crippen molar-refractivity contribution in [2.75, 3.05) is 51.6 Å². The van der Waals surface area contributed by atoms with Crippen LogP contribution in [0.25, 0.3) is 0 Å². The Kier molecular flexibility index (Phi) is 50.3. The van der Waals surface area contributed by atoms with E-state index in [9.17, 15) is 107 Å². The van der Waals surface area contributed by atoms with Crippen LogP contribution in [0.1, 0.15) is 150 Å². The zero-order valence-electron chi connectivity index (χ0n) is 76.4. The first-order valence-electron chi connectivity index (χ1n) is 43.9. The van der Waals surface area contributed by atoms with Gasteiger partial charge < -0.3 is 162 Å². The SMILES string of the molecule is CC[C@H](C)[C@H](NC(=O)[C@@H]1C[C@@H](O)CN1C(=O)[C@@H](N)C(C)C)C(=O)N[C@H](C(=O)N[C@@H](Cc1ccc(O)cc1)C(=O)N[C@H](C(=O)N[C@@H](C)C(=O)N[C@@H](CCCN=C(N)N)C(=O)N[C@@H](CCN)C(=O)N[C@H](C(=O)N[C@H](CCN)C(=O)N[C@@H](CCCCN)C(=O)N[C@@H](CS)C(=O)N[C@@H](CCN)C(=O)N[C@@H](CCCN=C(N)N)C(=O)N[C@@H](Cc1ccc(O)cc1)C(=O)O)[C@@H](C)O)C(C)(C)S)[C@@H](C)O. The summed E-state index contributed by atoms with van der Waals surface area (Å²) in [7, 11) is 0. The van der Waals surface area contributed by atoms with Gasteiger partial charge in [-0.15, -0.1) is 0 Å². The fourth-order valence-corrected chi connectivity index (χ4v) is 14.1. The van der Waals surface area contributed by atoms with E-state index in [2.05, 4.69) is 110 Å². The maximum atomic E-state index is 14.7. The topological polar surface area (TPSA) is 825 Å². The van der Waals surface area contributed by atoms with E-state index in [1.54, 1.807) is 27.7 Å². The highest BCUT2D eigenvalue weighted by Crippen LogP contribution is 2.24. The number of hydrogen-bond acceptors (Lipinski definition) is 30. The summed E-state index contributed by atoms with van der Waals surface area (Å²) in [5.74, 6) is -18.6. The molecular weight excluding hydrogens is 1780 g/mol. The summed E-state index contributed by atoms with van der Waals surface area (Å²) in [4.78, 5) is 235. The smallest absolute Gasteiger partial charge is 0.326 e. The number of carboxylic acid groups (broad SMARTS) is 1. The molecule has 0 aromatic heterocycles. The van der Waals surface area contributed by atoms with Crippen molar-refractivity contribution < 1.29 is 107 Å². The lowest BCUT2D eigenvalue weighted by atomic mass is 9.96. The minimum absolute atomic E-state index is 0.0139.